The fraction of sp³-hybridized carbons (Fsp3) is 0.273. The van der Waals surface area contributed by atoms with E-state index in [4.69, 9.17) is 10.3 Å². The number of nitrogen functional groups attached to an aromatic ring is 1. The molecule has 0 unspecified atom stereocenters. The van der Waals surface area contributed by atoms with Crippen LogP contribution in [0.25, 0.3) is 10.6 Å². The Bertz CT molecular complexity index is 564. The Kier molecular flexibility index (Phi) is 4.03. The first kappa shape index (κ1) is 13.1. The number of hydrogen-bond donors (Lipinski definition) is 2. The van der Waals surface area contributed by atoms with E-state index in [0.717, 1.165) is 15.1 Å². The third-order valence-corrected chi connectivity index (χ3v) is 3.92. The average Bonchev–Trinajstić information content (AvgIpc) is 2.92. The maximum atomic E-state index is 12.0. The zero-order valence-corrected chi connectivity index (χ0v) is 12.1. The van der Waals surface area contributed by atoms with Gasteiger partial charge < -0.3 is 15.6 Å². The van der Waals surface area contributed by atoms with Gasteiger partial charge in [0.05, 0.1) is 8.66 Å². The molecule has 2 heterocycles. The quantitative estimate of drug-likeness (QED) is 0.903. The summed E-state index contributed by atoms with van der Waals surface area (Å²) in [5.41, 5.74) is 6.45. The van der Waals surface area contributed by atoms with Crippen molar-refractivity contribution >= 4 is 39.1 Å². The summed E-state index contributed by atoms with van der Waals surface area (Å²) in [6.07, 6.45) is 0.858. The van der Waals surface area contributed by atoms with Gasteiger partial charge in [0.1, 0.15) is 11.3 Å². The number of aromatic nitrogens is 1. The van der Waals surface area contributed by atoms with Crippen molar-refractivity contribution in [2.24, 2.45) is 0 Å². The van der Waals surface area contributed by atoms with Crippen LogP contribution in [0.5, 0.6) is 0 Å². The van der Waals surface area contributed by atoms with Gasteiger partial charge in [0, 0.05) is 6.54 Å². The molecule has 0 aliphatic heterocycles. The molecular formula is C11H12BrN3O2S. The number of rotatable bonds is 4. The molecule has 2 aromatic rings. The number of carbonyl (C=O) groups is 1. The highest BCUT2D eigenvalue weighted by atomic mass is 79.9. The first-order valence-corrected chi connectivity index (χ1v) is 7.03. The van der Waals surface area contributed by atoms with Crippen molar-refractivity contribution in [1.29, 1.82) is 0 Å². The Balaban J connectivity index is 2.35. The molecule has 0 bridgehead atoms. The van der Waals surface area contributed by atoms with E-state index >= 15 is 0 Å². The van der Waals surface area contributed by atoms with Crippen molar-refractivity contribution < 1.29 is 9.32 Å². The SMILES string of the molecule is CCCNC(=O)c1c(-c2ccc(Br)s2)noc1N. The zero-order chi connectivity index (χ0) is 13.1. The number of halogens is 1. The van der Waals surface area contributed by atoms with Crippen LogP contribution in [0.3, 0.4) is 0 Å². The summed E-state index contributed by atoms with van der Waals surface area (Å²) in [6.45, 7) is 2.57. The van der Waals surface area contributed by atoms with Crippen molar-refractivity contribution in [3.63, 3.8) is 0 Å². The second-order valence-corrected chi connectivity index (χ2v) is 6.09. The van der Waals surface area contributed by atoms with E-state index < -0.39 is 0 Å². The minimum absolute atomic E-state index is 0.0446. The zero-order valence-electron chi connectivity index (χ0n) is 9.70. The molecule has 2 aromatic heterocycles. The Morgan fingerprint density at radius 1 is 1.61 bits per heavy atom. The van der Waals surface area contributed by atoms with E-state index in [0.29, 0.717) is 17.8 Å². The van der Waals surface area contributed by atoms with Crippen LogP contribution in [0.15, 0.2) is 20.4 Å². The average molecular weight is 330 g/mol. The Morgan fingerprint density at radius 2 is 2.39 bits per heavy atom. The molecule has 0 aliphatic rings. The summed E-state index contributed by atoms with van der Waals surface area (Å²) >= 11 is 4.84. The molecule has 18 heavy (non-hydrogen) atoms. The standard InChI is InChI=1S/C11H12BrN3O2S/c1-2-5-14-11(16)8-9(15-17-10(8)13)6-3-4-7(12)18-6/h3-4H,2,5,13H2,1H3,(H,14,16). The minimum Gasteiger partial charge on any atom is -0.367 e. The summed E-state index contributed by atoms with van der Waals surface area (Å²) in [4.78, 5) is 12.8. The largest absolute Gasteiger partial charge is 0.367 e. The van der Waals surface area contributed by atoms with E-state index in [1.165, 1.54) is 11.3 Å². The van der Waals surface area contributed by atoms with Crippen LogP contribution in [-0.4, -0.2) is 17.6 Å². The summed E-state index contributed by atoms with van der Waals surface area (Å²) in [7, 11) is 0. The predicted octanol–water partition coefficient (Wildman–Crippen LogP) is 2.89. The maximum absolute atomic E-state index is 12.0. The number of nitrogens with two attached hydrogens (primary N) is 1. The third-order valence-electron chi connectivity index (χ3n) is 2.29. The van der Waals surface area contributed by atoms with E-state index in [9.17, 15) is 4.79 Å². The van der Waals surface area contributed by atoms with Gasteiger partial charge in [0.15, 0.2) is 0 Å². The number of nitrogens with one attached hydrogen (secondary N) is 1. The van der Waals surface area contributed by atoms with Crippen LogP contribution >= 0.6 is 27.3 Å². The molecule has 0 saturated carbocycles. The predicted molar refractivity (Wildman–Crippen MR) is 74.6 cm³/mol. The monoisotopic (exact) mass is 329 g/mol. The van der Waals surface area contributed by atoms with E-state index in [1.54, 1.807) is 0 Å². The van der Waals surface area contributed by atoms with Gasteiger partial charge in [0.25, 0.3) is 5.91 Å². The van der Waals surface area contributed by atoms with Crippen LogP contribution in [0.1, 0.15) is 23.7 Å². The van der Waals surface area contributed by atoms with Gasteiger partial charge in [-0.3, -0.25) is 4.79 Å². The van der Waals surface area contributed by atoms with Gasteiger partial charge in [-0.2, -0.15) is 0 Å². The summed E-state index contributed by atoms with van der Waals surface area (Å²) in [5, 5.41) is 6.62. The van der Waals surface area contributed by atoms with Gasteiger partial charge in [0.2, 0.25) is 5.88 Å². The van der Waals surface area contributed by atoms with Gasteiger partial charge in [-0.1, -0.05) is 12.1 Å². The first-order chi connectivity index (χ1) is 8.63. The van der Waals surface area contributed by atoms with Crippen molar-refractivity contribution in [3.8, 4) is 10.6 Å². The fourth-order valence-electron chi connectivity index (χ4n) is 1.46. The van der Waals surface area contributed by atoms with Crippen LogP contribution in [0.2, 0.25) is 0 Å². The summed E-state index contributed by atoms with van der Waals surface area (Å²) in [5.74, 6) is -0.210. The van der Waals surface area contributed by atoms with Crippen molar-refractivity contribution in [2.45, 2.75) is 13.3 Å². The molecule has 0 atom stereocenters. The minimum atomic E-state index is -0.255. The normalized spacial score (nSPS) is 10.6. The highest BCUT2D eigenvalue weighted by molar-refractivity contribution is 9.11. The molecule has 0 radical (unpaired) electrons. The van der Waals surface area contributed by atoms with Crippen LogP contribution in [-0.2, 0) is 0 Å². The lowest BCUT2D eigenvalue weighted by atomic mass is 10.2. The van der Waals surface area contributed by atoms with Crippen LogP contribution in [0.4, 0.5) is 5.88 Å². The summed E-state index contributed by atoms with van der Waals surface area (Å²) < 4.78 is 5.88. The molecule has 3 N–H and O–H groups in total. The second-order valence-electron chi connectivity index (χ2n) is 3.63. The second kappa shape index (κ2) is 5.53. The molecule has 0 saturated heterocycles. The van der Waals surface area contributed by atoms with Gasteiger partial charge in [-0.05, 0) is 34.5 Å². The van der Waals surface area contributed by atoms with E-state index in [-0.39, 0.29) is 11.8 Å². The summed E-state index contributed by atoms with van der Waals surface area (Å²) in [6, 6.07) is 3.75. The molecule has 0 spiro atoms. The number of carbonyl (C=O) groups excluding carboxylic acids is 1. The van der Waals surface area contributed by atoms with E-state index in [2.05, 4.69) is 26.4 Å². The third kappa shape index (κ3) is 2.56. The fourth-order valence-corrected chi connectivity index (χ4v) is 2.83. The lowest BCUT2D eigenvalue weighted by Gasteiger charge is -2.02. The van der Waals surface area contributed by atoms with Crippen LogP contribution < -0.4 is 11.1 Å². The highest BCUT2D eigenvalue weighted by Gasteiger charge is 2.22. The van der Waals surface area contributed by atoms with Gasteiger partial charge >= 0.3 is 0 Å². The molecule has 7 heteroatoms. The lowest BCUT2D eigenvalue weighted by molar-refractivity contribution is 0.0955. The van der Waals surface area contributed by atoms with Crippen LogP contribution in [0, 0.1) is 0 Å². The maximum Gasteiger partial charge on any atom is 0.259 e. The number of thiophene rings is 1. The molecule has 0 aliphatic carbocycles. The topological polar surface area (TPSA) is 81.2 Å². The number of nitrogens with zero attached hydrogens (tertiary/aromatic N) is 1. The molecule has 2 rings (SSSR count). The smallest absolute Gasteiger partial charge is 0.259 e. The van der Waals surface area contributed by atoms with E-state index in [1.807, 2.05) is 19.1 Å². The van der Waals surface area contributed by atoms with Gasteiger partial charge in [-0.15, -0.1) is 11.3 Å². The molecule has 0 aromatic carbocycles. The Morgan fingerprint density at radius 3 is 3.00 bits per heavy atom. The van der Waals surface area contributed by atoms with Crippen molar-refractivity contribution in [1.82, 2.24) is 10.5 Å². The highest BCUT2D eigenvalue weighted by Crippen LogP contribution is 2.34. The lowest BCUT2D eigenvalue weighted by Crippen LogP contribution is -2.24. The molecule has 0 fully saturated rings. The first-order valence-electron chi connectivity index (χ1n) is 5.42. The number of amides is 1. The van der Waals surface area contributed by atoms with Crippen molar-refractivity contribution in [3.05, 3.63) is 21.5 Å². The molecule has 96 valence electrons. The molecular weight excluding hydrogens is 318 g/mol. The Labute approximate surface area is 116 Å². The number of anilines is 1. The Hall–Kier alpha value is -1.34. The van der Waals surface area contributed by atoms with Crippen molar-refractivity contribution in [2.75, 3.05) is 12.3 Å². The number of hydrogen-bond acceptors (Lipinski definition) is 5. The molecule has 1 amide bonds. The van der Waals surface area contributed by atoms with Gasteiger partial charge in [-0.25, -0.2) is 0 Å². The molecule has 5 nitrogen and oxygen atoms in total.